The molecule has 0 saturated carbocycles. The third-order valence-corrected chi connectivity index (χ3v) is 3.00. The summed E-state index contributed by atoms with van der Waals surface area (Å²) in [6, 6.07) is 4.84. The first-order valence-electron chi connectivity index (χ1n) is 6.33. The minimum absolute atomic E-state index is 0.220. The Morgan fingerprint density at radius 2 is 1.89 bits per heavy atom. The second-order valence-electron chi connectivity index (χ2n) is 5.04. The predicted molar refractivity (Wildman–Crippen MR) is 75.4 cm³/mol. The van der Waals surface area contributed by atoms with Crippen molar-refractivity contribution in [3.8, 4) is 0 Å². The standard InChI is InChI=1S/C14H24FN3/c1-11(16)14-12(15)7-5-8-13(14)18(4)10-6-9-17(2)3/h5,7-8,11H,6,9-10,16H2,1-4H3. The van der Waals surface area contributed by atoms with Crippen molar-refractivity contribution in [1.82, 2.24) is 4.90 Å². The van der Waals surface area contributed by atoms with Gasteiger partial charge in [-0.05, 0) is 46.1 Å². The van der Waals surface area contributed by atoms with Gasteiger partial charge in [-0.2, -0.15) is 0 Å². The van der Waals surface area contributed by atoms with Gasteiger partial charge in [0.1, 0.15) is 5.82 Å². The first-order chi connectivity index (χ1) is 8.43. The third kappa shape index (κ3) is 3.96. The van der Waals surface area contributed by atoms with Crippen molar-refractivity contribution in [2.45, 2.75) is 19.4 Å². The molecule has 0 bridgehead atoms. The monoisotopic (exact) mass is 253 g/mol. The zero-order chi connectivity index (χ0) is 13.7. The van der Waals surface area contributed by atoms with Crippen molar-refractivity contribution >= 4 is 5.69 Å². The van der Waals surface area contributed by atoms with Crippen LogP contribution in [0.1, 0.15) is 24.9 Å². The summed E-state index contributed by atoms with van der Waals surface area (Å²) in [5.41, 5.74) is 7.35. The molecule has 3 nitrogen and oxygen atoms in total. The minimum Gasteiger partial charge on any atom is -0.374 e. The smallest absolute Gasteiger partial charge is 0.130 e. The number of nitrogens with zero attached hydrogens (tertiary/aromatic N) is 2. The molecule has 102 valence electrons. The van der Waals surface area contributed by atoms with E-state index in [1.54, 1.807) is 6.07 Å². The molecule has 0 heterocycles. The normalized spacial score (nSPS) is 12.8. The lowest BCUT2D eigenvalue weighted by Gasteiger charge is -2.25. The quantitative estimate of drug-likeness (QED) is 0.844. The van der Waals surface area contributed by atoms with Crippen LogP contribution in [0.4, 0.5) is 10.1 Å². The lowest BCUT2D eigenvalue weighted by Crippen LogP contribution is -2.25. The van der Waals surface area contributed by atoms with E-state index in [2.05, 4.69) is 23.9 Å². The number of rotatable bonds is 6. The Morgan fingerprint density at radius 1 is 1.22 bits per heavy atom. The molecule has 0 radical (unpaired) electrons. The molecule has 18 heavy (non-hydrogen) atoms. The molecule has 0 amide bonds. The molecular weight excluding hydrogens is 229 g/mol. The molecule has 0 aromatic heterocycles. The fourth-order valence-corrected chi connectivity index (χ4v) is 2.05. The van der Waals surface area contributed by atoms with Gasteiger partial charge in [-0.25, -0.2) is 4.39 Å². The lowest BCUT2D eigenvalue weighted by molar-refractivity contribution is 0.401. The molecule has 2 N–H and O–H groups in total. The highest BCUT2D eigenvalue weighted by atomic mass is 19.1. The SMILES string of the molecule is CC(N)c1c(F)cccc1N(C)CCCN(C)C. The van der Waals surface area contributed by atoms with Crippen LogP contribution in [-0.4, -0.2) is 39.1 Å². The summed E-state index contributed by atoms with van der Waals surface area (Å²) in [7, 11) is 6.08. The number of benzene rings is 1. The molecule has 0 spiro atoms. The van der Waals surface area contributed by atoms with Crippen molar-refractivity contribution in [2.75, 3.05) is 39.1 Å². The number of hydrogen-bond acceptors (Lipinski definition) is 3. The van der Waals surface area contributed by atoms with E-state index in [4.69, 9.17) is 5.73 Å². The maximum Gasteiger partial charge on any atom is 0.130 e. The van der Waals surface area contributed by atoms with E-state index in [-0.39, 0.29) is 11.9 Å². The van der Waals surface area contributed by atoms with Crippen LogP contribution in [0.5, 0.6) is 0 Å². The van der Waals surface area contributed by atoms with Crippen molar-refractivity contribution in [3.05, 3.63) is 29.6 Å². The van der Waals surface area contributed by atoms with Crippen LogP contribution in [0.25, 0.3) is 0 Å². The second kappa shape index (κ2) is 6.71. The maximum absolute atomic E-state index is 13.8. The highest BCUT2D eigenvalue weighted by Crippen LogP contribution is 2.27. The Bertz CT molecular complexity index is 377. The van der Waals surface area contributed by atoms with E-state index >= 15 is 0 Å². The average Bonchev–Trinajstić information content (AvgIpc) is 2.27. The fourth-order valence-electron chi connectivity index (χ4n) is 2.05. The fraction of sp³-hybridized carbons (Fsp3) is 0.571. The van der Waals surface area contributed by atoms with Gasteiger partial charge in [-0.3, -0.25) is 0 Å². The van der Waals surface area contributed by atoms with Gasteiger partial charge < -0.3 is 15.5 Å². The molecule has 0 fully saturated rings. The van der Waals surface area contributed by atoms with Crippen LogP contribution in [0.15, 0.2) is 18.2 Å². The lowest BCUT2D eigenvalue weighted by atomic mass is 10.1. The summed E-state index contributed by atoms with van der Waals surface area (Å²) in [5.74, 6) is -0.220. The number of hydrogen-bond donors (Lipinski definition) is 1. The number of halogens is 1. The average molecular weight is 253 g/mol. The molecule has 0 aliphatic heterocycles. The van der Waals surface area contributed by atoms with E-state index in [0.717, 1.165) is 25.2 Å². The summed E-state index contributed by atoms with van der Waals surface area (Å²) < 4.78 is 13.8. The van der Waals surface area contributed by atoms with Crippen molar-refractivity contribution in [2.24, 2.45) is 5.73 Å². The maximum atomic E-state index is 13.8. The molecule has 1 aromatic rings. The molecule has 1 rings (SSSR count). The topological polar surface area (TPSA) is 32.5 Å². The van der Waals surface area contributed by atoms with Crippen molar-refractivity contribution < 1.29 is 4.39 Å². The van der Waals surface area contributed by atoms with E-state index in [0.29, 0.717) is 5.56 Å². The minimum atomic E-state index is -0.294. The highest BCUT2D eigenvalue weighted by molar-refractivity contribution is 5.54. The van der Waals surface area contributed by atoms with Gasteiger partial charge in [0.05, 0.1) is 0 Å². The second-order valence-corrected chi connectivity index (χ2v) is 5.04. The molecule has 1 unspecified atom stereocenters. The van der Waals surface area contributed by atoms with Crippen LogP contribution in [0.3, 0.4) is 0 Å². The molecule has 4 heteroatoms. The molecule has 1 atom stereocenters. The molecular formula is C14H24FN3. The van der Waals surface area contributed by atoms with Gasteiger partial charge in [0.2, 0.25) is 0 Å². The van der Waals surface area contributed by atoms with E-state index < -0.39 is 0 Å². The summed E-state index contributed by atoms with van der Waals surface area (Å²) in [4.78, 5) is 4.22. The predicted octanol–water partition coefficient (Wildman–Crippen LogP) is 2.23. The van der Waals surface area contributed by atoms with Gasteiger partial charge in [0, 0.05) is 30.9 Å². The largest absolute Gasteiger partial charge is 0.374 e. The first kappa shape index (κ1) is 14.9. The van der Waals surface area contributed by atoms with Crippen LogP contribution < -0.4 is 10.6 Å². The van der Waals surface area contributed by atoms with E-state index in [1.807, 2.05) is 20.0 Å². The van der Waals surface area contributed by atoms with Crippen LogP contribution >= 0.6 is 0 Å². The van der Waals surface area contributed by atoms with Crippen LogP contribution in [0, 0.1) is 5.82 Å². The van der Waals surface area contributed by atoms with Gasteiger partial charge in [-0.1, -0.05) is 6.07 Å². The van der Waals surface area contributed by atoms with Gasteiger partial charge in [0.25, 0.3) is 0 Å². The third-order valence-electron chi connectivity index (χ3n) is 3.00. The molecule has 0 saturated heterocycles. The highest BCUT2D eigenvalue weighted by Gasteiger charge is 2.15. The van der Waals surface area contributed by atoms with Crippen molar-refractivity contribution in [1.29, 1.82) is 0 Å². The van der Waals surface area contributed by atoms with Crippen LogP contribution in [-0.2, 0) is 0 Å². The van der Waals surface area contributed by atoms with E-state index in [9.17, 15) is 4.39 Å². The molecule has 0 aliphatic carbocycles. The molecule has 0 aliphatic rings. The van der Waals surface area contributed by atoms with Gasteiger partial charge in [-0.15, -0.1) is 0 Å². The number of nitrogens with two attached hydrogens (primary N) is 1. The van der Waals surface area contributed by atoms with Crippen LogP contribution in [0.2, 0.25) is 0 Å². The summed E-state index contributed by atoms with van der Waals surface area (Å²) >= 11 is 0. The van der Waals surface area contributed by atoms with Gasteiger partial charge >= 0.3 is 0 Å². The molecule has 1 aromatic carbocycles. The first-order valence-corrected chi connectivity index (χ1v) is 6.33. The zero-order valence-corrected chi connectivity index (χ0v) is 11.8. The summed E-state index contributed by atoms with van der Waals surface area (Å²) in [5, 5.41) is 0. The number of anilines is 1. The van der Waals surface area contributed by atoms with Gasteiger partial charge in [0.15, 0.2) is 0 Å². The summed E-state index contributed by atoms with van der Waals surface area (Å²) in [6.45, 7) is 3.73. The summed E-state index contributed by atoms with van der Waals surface area (Å²) in [6.07, 6.45) is 1.04. The Kier molecular flexibility index (Phi) is 5.56. The Hall–Kier alpha value is -1.13. The Labute approximate surface area is 109 Å². The zero-order valence-electron chi connectivity index (χ0n) is 11.8. The Balaban J connectivity index is 2.78. The Morgan fingerprint density at radius 3 is 2.44 bits per heavy atom. The van der Waals surface area contributed by atoms with E-state index in [1.165, 1.54) is 6.07 Å². The van der Waals surface area contributed by atoms with Crippen molar-refractivity contribution in [3.63, 3.8) is 0 Å².